The highest BCUT2D eigenvalue weighted by Gasteiger charge is 2.02. The zero-order valence-electron chi connectivity index (χ0n) is 13.9. The molecule has 0 bridgehead atoms. The van der Waals surface area contributed by atoms with Crippen LogP contribution in [0.3, 0.4) is 0 Å². The normalized spacial score (nSPS) is 11.1. The van der Waals surface area contributed by atoms with Gasteiger partial charge in [0, 0.05) is 32.2 Å². The topological polar surface area (TPSA) is 58.5 Å². The van der Waals surface area contributed by atoms with E-state index in [2.05, 4.69) is 39.8 Å². The van der Waals surface area contributed by atoms with Crippen LogP contribution in [-0.2, 0) is 17.7 Å². The van der Waals surface area contributed by atoms with Gasteiger partial charge in [0.2, 0.25) is 0 Å². The van der Waals surface area contributed by atoms with Crippen molar-refractivity contribution in [2.75, 3.05) is 26.8 Å². The summed E-state index contributed by atoms with van der Waals surface area (Å²) in [7, 11) is 1.78. The fourth-order valence-electron chi connectivity index (χ4n) is 1.72. The summed E-state index contributed by atoms with van der Waals surface area (Å²) in [5, 5.41) is 9.84. The van der Waals surface area contributed by atoms with Crippen LogP contribution < -0.4 is 10.6 Å². The van der Waals surface area contributed by atoms with Crippen molar-refractivity contribution in [3.05, 3.63) is 16.1 Å². The Bertz CT molecular complexity index is 412. The minimum atomic E-state index is 0. The first kappa shape index (κ1) is 21.6. The molecule has 1 heterocycles. The SMILES string of the molecule is CCCCOCCCNC(=NC)NCc1csc(CC)n1.I. The second kappa shape index (κ2) is 14.2. The molecular formula is C15H29IN4OS. The van der Waals surface area contributed by atoms with Gasteiger partial charge in [-0.1, -0.05) is 20.3 Å². The monoisotopic (exact) mass is 440 g/mol. The second-order valence-electron chi connectivity index (χ2n) is 4.76. The van der Waals surface area contributed by atoms with Gasteiger partial charge in [-0.3, -0.25) is 4.99 Å². The number of guanidine groups is 1. The molecule has 22 heavy (non-hydrogen) atoms. The Labute approximate surface area is 155 Å². The van der Waals surface area contributed by atoms with Crippen molar-refractivity contribution in [2.45, 2.75) is 46.1 Å². The summed E-state index contributed by atoms with van der Waals surface area (Å²) in [6.45, 7) is 7.54. The minimum Gasteiger partial charge on any atom is -0.381 e. The maximum absolute atomic E-state index is 5.52. The van der Waals surface area contributed by atoms with Gasteiger partial charge in [0.05, 0.1) is 17.2 Å². The molecule has 0 aromatic carbocycles. The van der Waals surface area contributed by atoms with E-state index in [9.17, 15) is 0 Å². The van der Waals surface area contributed by atoms with Gasteiger partial charge in [-0.05, 0) is 19.3 Å². The molecule has 0 fully saturated rings. The summed E-state index contributed by atoms with van der Waals surface area (Å²) < 4.78 is 5.52. The molecule has 0 saturated carbocycles. The summed E-state index contributed by atoms with van der Waals surface area (Å²) in [5.74, 6) is 0.814. The fourth-order valence-corrected chi connectivity index (χ4v) is 2.46. The molecule has 1 aromatic rings. The van der Waals surface area contributed by atoms with Gasteiger partial charge < -0.3 is 15.4 Å². The molecule has 1 aromatic heterocycles. The Morgan fingerprint density at radius 3 is 2.68 bits per heavy atom. The Morgan fingerprint density at radius 2 is 2.05 bits per heavy atom. The number of hydrogen-bond acceptors (Lipinski definition) is 4. The van der Waals surface area contributed by atoms with Crippen LogP contribution >= 0.6 is 35.3 Å². The van der Waals surface area contributed by atoms with E-state index in [0.717, 1.165) is 50.7 Å². The maximum atomic E-state index is 5.52. The lowest BCUT2D eigenvalue weighted by Gasteiger charge is -2.11. The van der Waals surface area contributed by atoms with Crippen LogP contribution in [0.1, 0.15) is 43.8 Å². The van der Waals surface area contributed by atoms with E-state index >= 15 is 0 Å². The van der Waals surface area contributed by atoms with Crippen molar-refractivity contribution in [1.82, 2.24) is 15.6 Å². The van der Waals surface area contributed by atoms with Crippen LogP contribution in [0.4, 0.5) is 0 Å². The van der Waals surface area contributed by atoms with Crippen LogP contribution in [0.2, 0.25) is 0 Å². The third kappa shape index (κ3) is 9.58. The molecule has 0 spiro atoms. The third-order valence-corrected chi connectivity index (χ3v) is 4.00. The largest absolute Gasteiger partial charge is 0.381 e. The third-order valence-electron chi connectivity index (χ3n) is 2.96. The number of aliphatic imine (C=N–C) groups is 1. The number of unbranched alkanes of at least 4 members (excludes halogenated alkanes) is 1. The van der Waals surface area contributed by atoms with Gasteiger partial charge in [-0.25, -0.2) is 4.98 Å². The number of aromatic nitrogens is 1. The predicted molar refractivity (Wildman–Crippen MR) is 105 cm³/mol. The first-order valence-electron chi connectivity index (χ1n) is 7.75. The molecule has 0 aliphatic rings. The summed E-state index contributed by atoms with van der Waals surface area (Å²) in [6, 6.07) is 0. The average Bonchev–Trinajstić information content (AvgIpc) is 2.97. The minimum absolute atomic E-state index is 0. The highest BCUT2D eigenvalue weighted by Crippen LogP contribution is 2.09. The average molecular weight is 440 g/mol. The van der Waals surface area contributed by atoms with E-state index in [0.29, 0.717) is 6.54 Å². The molecule has 1 rings (SSSR count). The molecule has 0 radical (unpaired) electrons. The van der Waals surface area contributed by atoms with E-state index in [1.807, 2.05) is 0 Å². The van der Waals surface area contributed by atoms with Gasteiger partial charge >= 0.3 is 0 Å². The van der Waals surface area contributed by atoms with E-state index < -0.39 is 0 Å². The zero-order chi connectivity index (χ0) is 15.3. The first-order chi connectivity index (χ1) is 10.3. The highest BCUT2D eigenvalue weighted by atomic mass is 127. The van der Waals surface area contributed by atoms with Crippen LogP contribution in [-0.4, -0.2) is 37.7 Å². The lowest BCUT2D eigenvalue weighted by atomic mass is 10.4. The smallest absolute Gasteiger partial charge is 0.191 e. The van der Waals surface area contributed by atoms with Crippen LogP contribution in [0.25, 0.3) is 0 Å². The number of rotatable bonds is 10. The van der Waals surface area contributed by atoms with Crippen molar-refractivity contribution >= 4 is 41.3 Å². The van der Waals surface area contributed by atoms with E-state index in [4.69, 9.17) is 4.74 Å². The fraction of sp³-hybridized carbons (Fsp3) is 0.733. The summed E-state index contributed by atoms with van der Waals surface area (Å²) in [5.41, 5.74) is 1.07. The zero-order valence-corrected chi connectivity index (χ0v) is 17.0. The van der Waals surface area contributed by atoms with Gasteiger partial charge in [0.1, 0.15) is 0 Å². The predicted octanol–water partition coefficient (Wildman–Crippen LogP) is 3.20. The molecule has 128 valence electrons. The molecule has 0 aliphatic heterocycles. The first-order valence-corrected chi connectivity index (χ1v) is 8.63. The molecule has 0 saturated heterocycles. The molecule has 0 amide bonds. The summed E-state index contributed by atoms with van der Waals surface area (Å²) >= 11 is 1.71. The number of halogens is 1. The highest BCUT2D eigenvalue weighted by molar-refractivity contribution is 14.0. The molecule has 0 aliphatic carbocycles. The van der Waals surface area contributed by atoms with Gasteiger partial charge in [-0.15, -0.1) is 35.3 Å². The Kier molecular flexibility index (Phi) is 13.9. The summed E-state index contributed by atoms with van der Waals surface area (Å²) in [6.07, 6.45) is 4.31. The molecule has 0 unspecified atom stereocenters. The number of ether oxygens (including phenoxy) is 1. The second-order valence-corrected chi connectivity index (χ2v) is 5.70. The number of nitrogens with zero attached hydrogens (tertiary/aromatic N) is 2. The van der Waals surface area contributed by atoms with Gasteiger partial charge in [-0.2, -0.15) is 0 Å². The van der Waals surface area contributed by atoms with Crippen LogP contribution in [0.15, 0.2) is 10.4 Å². The molecule has 7 heteroatoms. The van der Waals surface area contributed by atoms with E-state index in [1.54, 1.807) is 18.4 Å². The van der Waals surface area contributed by atoms with Crippen molar-refractivity contribution in [3.63, 3.8) is 0 Å². The number of hydrogen-bond donors (Lipinski definition) is 2. The van der Waals surface area contributed by atoms with Crippen molar-refractivity contribution in [1.29, 1.82) is 0 Å². The molecule has 2 N–H and O–H groups in total. The summed E-state index contributed by atoms with van der Waals surface area (Å²) in [4.78, 5) is 8.73. The van der Waals surface area contributed by atoms with Gasteiger partial charge in [0.15, 0.2) is 5.96 Å². The van der Waals surface area contributed by atoms with E-state index in [-0.39, 0.29) is 24.0 Å². The Morgan fingerprint density at radius 1 is 1.27 bits per heavy atom. The van der Waals surface area contributed by atoms with Crippen LogP contribution in [0.5, 0.6) is 0 Å². The lowest BCUT2D eigenvalue weighted by Crippen LogP contribution is -2.37. The van der Waals surface area contributed by atoms with Gasteiger partial charge in [0.25, 0.3) is 0 Å². The van der Waals surface area contributed by atoms with Crippen molar-refractivity contribution in [3.8, 4) is 0 Å². The van der Waals surface area contributed by atoms with E-state index in [1.165, 1.54) is 11.4 Å². The Hall–Kier alpha value is -0.410. The Balaban J connectivity index is 0.00000441. The van der Waals surface area contributed by atoms with Crippen LogP contribution in [0, 0.1) is 0 Å². The van der Waals surface area contributed by atoms with Crippen molar-refractivity contribution in [2.24, 2.45) is 4.99 Å². The number of nitrogens with one attached hydrogen (secondary N) is 2. The molecule has 0 atom stereocenters. The number of aryl methyl sites for hydroxylation is 1. The standard InChI is InChI=1S/C15H28N4OS.HI/c1-4-6-9-20-10-7-8-17-15(16-3)18-11-13-12-21-14(5-2)19-13;/h12H,4-11H2,1-3H3,(H2,16,17,18);1H. The lowest BCUT2D eigenvalue weighted by molar-refractivity contribution is 0.129. The maximum Gasteiger partial charge on any atom is 0.191 e. The molecule has 5 nitrogen and oxygen atoms in total. The number of thiazole rings is 1. The van der Waals surface area contributed by atoms with Crippen molar-refractivity contribution < 1.29 is 4.74 Å². The quantitative estimate of drug-likeness (QED) is 0.254. The molecular weight excluding hydrogens is 411 g/mol.